The third-order valence-corrected chi connectivity index (χ3v) is 5.57. The van der Waals surface area contributed by atoms with Crippen LogP contribution in [0.3, 0.4) is 0 Å². The highest BCUT2D eigenvalue weighted by molar-refractivity contribution is 6.31. The predicted molar refractivity (Wildman–Crippen MR) is 114 cm³/mol. The Balaban J connectivity index is 1.52. The maximum absolute atomic E-state index is 12.8. The lowest BCUT2D eigenvalue weighted by Gasteiger charge is -2.19. The molecule has 7 nitrogen and oxygen atoms in total. The maximum atomic E-state index is 12.8. The molecule has 1 aliphatic heterocycles. The number of hydrogen-bond donors (Lipinski definition) is 1. The molecule has 2 amide bonds. The Morgan fingerprint density at radius 2 is 2.24 bits per heavy atom. The van der Waals surface area contributed by atoms with Gasteiger partial charge in [-0.15, -0.1) is 0 Å². The summed E-state index contributed by atoms with van der Waals surface area (Å²) in [6.07, 6.45) is 2.64. The van der Waals surface area contributed by atoms with E-state index in [2.05, 4.69) is 14.9 Å². The number of pyridine rings is 1. The molecule has 1 fully saturated rings. The number of nitrogens with one attached hydrogen (secondary N) is 1. The summed E-state index contributed by atoms with van der Waals surface area (Å²) in [6.45, 7) is 4.51. The first-order valence-corrected chi connectivity index (χ1v) is 10.1. The van der Waals surface area contributed by atoms with Gasteiger partial charge in [-0.25, -0.2) is 14.8 Å². The standard InChI is InChI=1S/C21H24ClN5O2/c1-14-5-6-16(22)12-18(14)25-21(28)26-9-7-15(13-26)19-24-17-4-3-8-23-20(17)27(19)10-11-29-2/h3-6,8,12,15H,7,9-11,13H2,1-2H3,(H,25,28). The van der Waals surface area contributed by atoms with Crippen LogP contribution in [0.1, 0.15) is 23.7 Å². The van der Waals surface area contributed by atoms with E-state index in [1.54, 1.807) is 19.4 Å². The monoisotopic (exact) mass is 413 g/mol. The molecule has 0 radical (unpaired) electrons. The number of carbonyl (C=O) groups excluding carboxylic acids is 1. The number of nitrogens with zero attached hydrogens (tertiary/aromatic N) is 4. The van der Waals surface area contributed by atoms with Crippen LogP contribution in [0.15, 0.2) is 36.5 Å². The molecular weight excluding hydrogens is 390 g/mol. The molecule has 3 heterocycles. The summed E-state index contributed by atoms with van der Waals surface area (Å²) in [7, 11) is 1.69. The number of halogens is 1. The summed E-state index contributed by atoms with van der Waals surface area (Å²) in [5.41, 5.74) is 3.45. The van der Waals surface area contributed by atoms with Crippen molar-refractivity contribution in [3.8, 4) is 0 Å². The number of aryl methyl sites for hydroxylation is 1. The first-order valence-electron chi connectivity index (χ1n) is 9.69. The van der Waals surface area contributed by atoms with Gasteiger partial charge in [0.15, 0.2) is 5.65 Å². The third kappa shape index (κ3) is 4.06. The molecular formula is C21H24ClN5O2. The zero-order chi connectivity index (χ0) is 20.4. The van der Waals surface area contributed by atoms with Crippen molar-refractivity contribution in [1.82, 2.24) is 19.4 Å². The summed E-state index contributed by atoms with van der Waals surface area (Å²) < 4.78 is 7.38. The molecule has 152 valence electrons. The first-order chi connectivity index (χ1) is 14.1. The Hall–Kier alpha value is -2.64. The van der Waals surface area contributed by atoms with Crippen molar-refractivity contribution in [1.29, 1.82) is 0 Å². The van der Waals surface area contributed by atoms with Crippen LogP contribution in [-0.2, 0) is 11.3 Å². The Bertz CT molecular complexity index is 1040. The highest BCUT2D eigenvalue weighted by atomic mass is 35.5. The number of rotatable bonds is 5. The molecule has 0 saturated carbocycles. The van der Waals surface area contributed by atoms with Crippen molar-refractivity contribution in [2.24, 2.45) is 0 Å². The van der Waals surface area contributed by atoms with Gasteiger partial charge in [-0.05, 0) is 43.2 Å². The number of likely N-dealkylation sites (tertiary alicyclic amines) is 1. The highest BCUT2D eigenvalue weighted by Crippen LogP contribution is 2.30. The molecule has 8 heteroatoms. The van der Waals surface area contributed by atoms with Crippen LogP contribution < -0.4 is 5.32 Å². The normalized spacial score (nSPS) is 16.5. The summed E-state index contributed by atoms with van der Waals surface area (Å²) in [4.78, 5) is 23.9. The maximum Gasteiger partial charge on any atom is 0.321 e. The molecule has 1 aliphatic rings. The lowest BCUT2D eigenvalue weighted by atomic mass is 10.1. The van der Waals surface area contributed by atoms with Gasteiger partial charge >= 0.3 is 6.03 Å². The molecule has 0 aliphatic carbocycles. The Morgan fingerprint density at radius 3 is 3.07 bits per heavy atom. The van der Waals surface area contributed by atoms with Gasteiger partial charge in [-0.3, -0.25) is 0 Å². The van der Waals surface area contributed by atoms with Crippen molar-refractivity contribution >= 4 is 34.5 Å². The van der Waals surface area contributed by atoms with Crippen molar-refractivity contribution in [2.75, 3.05) is 32.1 Å². The van der Waals surface area contributed by atoms with Crippen molar-refractivity contribution in [3.63, 3.8) is 0 Å². The number of benzene rings is 1. The molecule has 1 aromatic carbocycles. The van der Waals surface area contributed by atoms with Gasteiger partial charge in [-0.2, -0.15) is 0 Å². The zero-order valence-electron chi connectivity index (χ0n) is 16.6. The molecule has 4 rings (SSSR count). The molecule has 1 N–H and O–H groups in total. The highest BCUT2D eigenvalue weighted by Gasteiger charge is 2.31. The van der Waals surface area contributed by atoms with Crippen molar-refractivity contribution < 1.29 is 9.53 Å². The van der Waals surface area contributed by atoms with E-state index in [0.29, 0.717) is 31.3 Å². The van der Waals surface area contributed by atoms with Crippen LogP contribution in [0.2, 0.25) is 5.02 Å². The SMILES string of the molecule is COCCn1c(C2CCN(C(=O)Nc3cc(Cl)ccc3C)C2)nc2cccnc21. The number of carbonyl (C=O) groups is 1. The van der Waals surface area contributed by atoms with E-state index in [4.69, 9.17) is 21.3 Å². The lowest BCUT2D eigenvalue weighted by molar-refractivity contribution is 0.186. The second kappa shape index (κ2) is 8.39. The number of fused-ring (bicyclic) bond motifs is 1. The van der Waals surface area contributed by atoms with Gasteiger partial charge < -0.3 is 19.5 Å². The Morgan fingerprint density at radius 1 is 1.38 bits per heavy atom. The molecule has 0 bridgehead atoms. The van der Waals surface area contributed by atoms with Gasteiger partial charge in [-0.1, -0.05) is 17.7 Å². The van der Waals surface area contributed by atoms with E-state index in [9.17, 15) is 4.79 Å². The number of anilines is 1. The van der Waals surface area contributed by atoms with E-state index < -0.39 is 0 Å². The number of hydrogen-bond acceptors (Lipinski definition) is 4. The number of amides is 2. The van der Waals surface area contributed by atoms with Crippen LogP contribution in [0, 0.1) is 6.92 Å². The van der Waals surface area contributed by atoms with E-state index in [1.807, 2.05) is 36.1 Å². The largest absolute Gasteiger partial charge is 0.383 e. The quantitative estimate of drug-likeness (QED) is 0.684. The van der Waals surface area contributed by atoms with Gasteiger partial charge in [0.05, 0.1) is 6.61 Å². The molecule has 1 saturated heterocycles. The topological polar surface area (TPSA) is 72.3 Å². The summed E-state index contributed by atoms with van der Waals surface area (Å²) in [6, 6.07) is 9.23. The molecule has 1 unspecified atom stereocenters. The Kier molecular flexibility index (Phi) is 5.69. The van der Waals surface area contributed by atoms with Crippen LogP contribution in [-0.4, -0.2) is 52.3 Å². The molecule has 1 atom stereocenters. The molecule has 0 spiro atoms. The number of methoxy groups -OCH3 is 1. The minimum absolute atomic E-state index is 0.115. The third-order valence-electron chi connectivity index (χ3n) is 5.33. The molecule has 2 aromatic heterocycles. The summed E-state index contributed by atoms with van der Waals surface area (Å²) in [5, 5.41) is 3.58. The van der Waals surface area contributed by atoms with Gasteiger partial charge in [0, 0.05) is 49.6 Å². The average molecular weight is 414 g/mol. The van der Waals surface area contributed by atoms with Crippen LogP contribution >= 0.6 is 11.6 Å². The van der Waals surface area contributed by atoms with Gasteiger partial charge in [0.1, 0.15) is 11.3 Å². The van der Waals surface area contributed by atoms with Gasteiger partial charge in [0.2, 0.25) is 0 Å². The van der Waals surface area contributed by atoms with E-state index in [1.165, 1.54) is 0 Å². The predicted octanol–water partition coefficient (Wildman–Crippen LogP) is 4.06. The molecule has 29 heavy (non-hydrogen) atoms. The smallest absolute Gasteiger partial charge is 0.321 e. The van der Waals surface area contributed by atoms with Crippen molar-refractivity contribution in [2.45, 2.75) is 25.8 Å². The fraction of sp³-hybridized carbons (Fsp3) is 0.381. The first kappa shape index (κ1) is 19.7. The Labute approximate surface area is 174 Å². The second-order valence-electron chi connectivity index (χ2n) is 7.28. The van der Waals surface area contributed by atoms with E-state index >= 15 is 0 Å². The number of imidazole rings is 1. The minimum Gasteiger partial charge on any atom is -0.383 e. The second-order valence-corrected chi connectivity index (χ2v) is 7.72. The summed E-state index contributed by atoms with van der Waals surface area (Å²) in [5.74, 6) is 1.12. The minimum atomic E-state index is -0.115. The fourth-order valence-electron chi connectivity index (χ4n) is 3.77. The van der Waals surface area contributed by atoms with Crippen molar-refractivity contribution in [3.05, 3.63) is 52.9 Å². The van der Waals surface area contributed by atoms with Gasteiger partial charge in [0.25, 0.3) is 0 Å². The van der Waals surface area contributed by atoms with Crippen LogP contribution in [0.5, 0.6) is 0 Å². The van der Waals surface area contributed by atoms with E-state index in [-0.39, 0.29) is 11.9 Å². The fourth-order valence-corrected chi connectivity index (χ4v) is 3.94. The number of urea groups is 1. The molecule has 3 aromatic rings. The van der Waals surface area contributed by atoms with Crippen LogP contribution in [0.25, 0.3) is 11.2 Å². The summed E-state index contributed by atoms with van der Waals surface area (Å²) >= 11 is 6.07. The lowest BCUT2D eigenvalue weighted by Crippen LogP contribution is -2.33. The average Bonchev–Trinajstić information content (AvgIpc) is 3.34. The zero-order valence-corrected chi connectivity index (χ0v) is 17.3. The van der Waals surface area contributed by atoms with Crippen LogP contribution in [0.4, 0.5) is 10.5 Å². The number of aromatic nitrogens is 3. The number of ether oxygens (including phenoxy) is 1. The van der Waals surface area contributed by atoms with E-state index in [0.717, 1.165) is 34.7 Å².